The quantitative estimate of drug-likeness (QED) is 0.611. The van der Waals surface area contributed by atoms with Crippen molar-refractivity contribution in [3.8, 4) is 0 Å². The molecular formula is C9H15BrN2O2. The van der Waals surface area contributed by atoms with Crippen LogP contribution in [-0.2, 0) is 4.79 Å². The fourth-order valence-electron chi connectivity index (χ4n) is 2.15. The van der Waals surface area contributed by atoms with E-state index in [0.717, 1.165) is 0 Å². The number of urea groups is 1. The van der Waals surface area contributed by atoms with Gasteiger partial charge in [0.1, 0.15) is 5.54 Å². The number of imide groups is 1. The molecule has 0 spiro atoms. The molecule has 1 fully saturated rings. The van der Waals surface area contributed by atoms with Crippen molar-refractivity contribution in [2.45, 2.75) is 33.2 Å². The van der Waals surface area contributed by atoms with Gasteiger partial charge in [-0.1, -0.05) is 27.7 Å². The third kappa shape index (κ3) is 1.26. The predicted octanol–water partition coefficient (Wildman–Crippen LogP) is 1.90. The van der Waals surface area contributed by atoms with Gasteiger partial charge in [-0.3, -0.25) is 10.1 Å². The van der Waals surface area contributed by atoms with Crippen molar-refractivity contribution in [2.75, 3.05) is 0 Å². The second kappa shape index (κ2) is 3.53. The molecule has 80 valence electrons. The summed E-state index contributed by atoms with van der Waals surface area (Å²) >= 11 is 3.17. The minimum atomic E-state index is -0.767. The first kappa shape index (κ1) is 11.5. The normalized spacial score (nSPS) is 20.9. The van der Waals surface area contributed by atoms with Gasteiger partial charge < -0.3 is 0 Å². The lowest BCUT2D eigenvalue weighted by Gasteiger charge is -2.38. The molecule has 0 unspecified atom stereocenters. The summed E-state index contributed by atoms with van der Waals surface area (Å²) in [7, 11) is 0. The molecular weight excluding hydrogens is 248 g/mol. The molecule has 0 atom stereocenters. The van der Waals surface area contributed by atoms with Crippen molar-refractivity contribution in [3.05, 3.63) is 0 Å². The zero-order valence-corrected chi connectivity index (χ0v) is 10.4. The number of amides is 3. The highest BCUT2D eigenvalue weighted by molar-refractivity contribution is 9.07. The van der Waals surface area contributed by atoms with Gasteiger partial charge in [0.05, 0.1) is 16.1 Å². The number of hydrogen-bond donors (Lipinski definition) is 1. The standard InChI is InChI=1S/C9H15BrN2O2/c1-5(2)9(6(3)4)7(13)11-8(14)12(9)10/h5-6H,1-4H3,(H,11,13,14). The summed E-state index contributed by atoms with van der Waals surface area (Å²) in [6.07, 6.45) is 0. The molecule has 1 saturated heterocycles. The SMILES string of the molecule is CC(C)C1(C(C)C)C(=O)NC(=O)N1Br. The average Bonchev–Trinajstić information content (AvgIpc) is 2.23. The Morgan fingerprint density at radius 3 is 1.79 bits per heavy atom. The Morgan fingerprint density at radius 2 is 1.64 bits per heavy atom. The first-order valence-electron chi connectivity index (χ1n) is 4.66. The van der Waals surface area contributed by atoms with Crippen molar-refractivity contribution in [2.24, 2.45) is 11.8 Å². The third-order valence-corrected chi connectivity index (χ3v) is 3.76. The Kier molecular flexibility index (Phi) is 2.90. The van der Waals surface area contributed by atoms with Crippen molar-refractivity contribution >= 4 is 28.1 Å². The van der Waals surface area contributed by atoms with E-state index in [1.54, 1.807) is 0 Å². The highest BCUT2D eigenvalue weighted by atomic mass is 79.9. The van der Waals surface area contributed by atoms with Crippen molar-refractivity contribution in [1.29, 1.82) is 0 Å². The number of carbonyl (C=O) groups excluding carboxylic acids is 2. The van der Waals surface area contributed by atoms with Crippen LogP contribution in [0.1, 0.15) is 27.7 Å². The second-order valence-electron chi connectivity index (χ2n) is 4.17. The van der Waals surface area contributed by atoms with Gasteiger partial charge in [0.2, 0.25) is 0 Å². The van der Waals surface area contributed by atoms with Crippen LogP contribution < -0.4 is 5.32 Å². The first-order chi connectivity index (χ1) is 6.35. The number of carbonyl (C=O) groups is 2. The van der Waals surface area contributed by atoms with E-state index >= 15 is 0 Å². The van der Waals surface area contributed by atoms with Crippen molar-refractivity contribution in [1.82, 2.24) is 9.24 Å². The lowest BCUT2D eigenvalue weighted by Crippen LogP contribution is -2.54. The fourth-order valence-corrected chi connectivity index (χ4v) is 3.22. The van der Waals surface area contributed by atoms with Gasteiger partial charge in [0, 0.05) is 0 Å². The molecule has 3 amide bonds. The zero-order chi connectivity index (χ0) is 11.1. The minimum absolute atomic E-state index is 0.0633. The number of nitrogens with zero attached hydrogens (tertiary/aromatic N) is 1. The van der Waals surface area contributed by atoms with E-state index in [9.17, 15) is 9.59 Å². The molecule has 0 radical (unpaired) electrons. The van der Waals surface area contributed by atoms with E-state index in [0.29, 0.717) is 0 Å². The minimum Gasteiger partial charge on any atom is -0.275 e. The Bertz CT molecular complexity index is 268. The highest BCUT2D eigenvalue weighted by Crippen LogP contribution is 2.38. The van der Waals surface area contributed by atoms with Crippen LogP contribution in [0.25, 0.3) is 0 Å². The molecule has 0 aromatic heterocycles. The van der Waals surface area contributed by atoms with Gasteiger partial charge in [-0.15, -0.1) is 0 Å². The third-order valence-electron chi connectivity index (χ3n) is 2.85. The molecule has 0 bridgehead atoms. The first-order valence-corrected chi connectivity index (χ1v) is 5.37. The van der Waals surface area contributed by atoms with Crippen LogP contribution in [0.15, 0.2) is 0 Å². The lowest BCUT2D eigenvalue weighted by atomic mass is 9.77. The summed E-state index contributed by atoms with van der Waals surface area (Å²) in [4.78, 5) is 23.2. The number of rotatable bonds is 2. The summed E-state index contributed by atoms with van der Waals surface area (Å²) in [5.41, 5.74) is -0.767. The number of nitrogens with one attached hydrogen (secondary N) is 1. The van der Waals surface area contributed by atoms with Gasteiger partial charge in [-0.25, -0.2) is 8.72 Å². The molecule has 14 heavy (non-hydrogen) atoms. The van der Waals surface area contributed by atoms with Crippen molar-refractivity contribution in [3.63, 3.8) is 0 Å². The molecule has 1 rings (SSSR count). The molecule has 1 heterocycles. The van der Waals surface area contributed by atoms with E-state index in [-0.39, 0.29) is 23.8 Å². The van der Waals surface area contributed by atoms with E-state index in [1.165, 1.54) is 3.93 Å². The van der Waals surface area contributed by atoms with Gasteiger partial charge in [0.25, 0.3) is 5.91 Å². The summed E-state index contributed by atoms with van der Waals surface area (Å²) < 4.78 is 1.34. The van der Waals surface area contributed by atoms with Crippen LogP contribution in [0.4, 0.5) is 4.79 Å². The van der Waals surface area contributed by atoms with Crippen LogP contribution in [0.2, 0.25) is 0 Å². The van der Waals surface area contributed by atoms with E-state index < -0.39 is 5.54 Å². The molecule has 1 aliphatic rings. The monoisotopic (exact) mass is 262 g/mol. The van der Waals surface area contributed by atoms with Gasteiger partial charge in [0.15, 0.2) is 0 Å². The summed E-state index contributed by atoms with van der Waals surface area (Å²) in [5, 5.41) is 2.32. The fraction of sp³-hybridized carbons (Fsp3) is 0.778. The second-order valence-corrected chi connectivity index (χ2v) is 4.88. The maximum Gasteiger partial charge on any atom is 0.335 e. The van der Waals surface area contributed by atoms with Gasteiger partial charge in [-0.05, 0) is 11.8 Å². The number of hydrogen-bond acceptors (Lipinski definition) is 2. The van der Waals surface area contributed by atoms with Crippen molar-refractivity contribution < 1.29 is 9.59 Å². The Hall–Kier alpha value is -0.580. The largest absolute Gasteiger partial charge is 0.335 e. The molecule has 0 saturated carbocycles. The Labute approximate surface area is 92.4 Å². The molecule has 1 aliphatic heterocycles. The van der Waals surface area contributed by atoms with E-state index in [1.807, 2.05) is 27.7 Å². The van der Waals surface area contributed by atoms with Gasteiger partial charge in [-0.2, -0.15) is 0 Å². The lowest BCUT2D eigenvalue weighted by molar-refractivity contribution is -0.129. The number of halogens is 1. The van der Waals surface area contributed by atoms with Crippen LogP contribution in [0.3, 0.4) is 0 Å². The maximum absolute atomic E-state index is 11.8. The molecule has 0 aromatic rings. The highest BCUT2D eigenvalue weighted by Gasteiger charge is 2.56. The van der Waals surface area contributed by atoms with E-state index in [4.69, 9.17) is 0 Å². The smallest absolute Gasteiger partial charge is 0.275 e. The molecule has 1 N–H and O–H groups in total. The molecule has 0 aromatic carbocycles. The Balaban J connectivity index is 3.21. The topological polar surface area (TPSA) is 49.4 Å². The zero-order valence-electron chi connectivity index (χ0n) is 8.80. The molecule has 4 nitrogen and oxygen atoms in total. The van der Waals surface area contributed by atoms with E-state index in [2.05, 4.69) is 21.5 Å². The van der Waals surface area contributed by atoms with Crippen LogP contribution in [-0.4, -0.2) is 21.4 Å². The summed E-state index contributed by atoms with van der Waals surface area (Å²) in [6, 6.07) is -0.377. The van der Waals surface area contributed by atoms with Gasteiger partial charge >= 0.3 is 6.03 Å². The van der Waals surface area contributed by atoms with Crippen LogP contribution >= 0.6 is 16.1 Å². The summed E-state index contributed by atoms with van der Waals surface area (Å²) in [5.74, 6) is -0.0916. The predicted molar refractivity (Wildman–Crippen MR) is 56.7 cm³/mol. The molecule has 0 aliphatic carbocycles. The summed E-state index contributed by atoms with van der Waals surface area (Å²) in [6.45, 7) is 7.75. The van der Waals surface area contributed by atoms with Crippen LogP contribution in [0, 0.1) is 11.8 Å². The molecule has 5 heteroatoms. The average molecular weight is 263 g/mol. The maximum atomic E-state index is 11.8. The van der Waals surface area contributed by atoms with Crippen LogP contribution in [0.5, 0.6) is 0 Å². The Morgan fingerprint density at radius 1 is 1.21 bits per heavy atom.